The van der Waals surface area contributed by atoms with Gasteiger partial charge in [0.05, 0.1) is 6.61 Å². The summed E-state index contributed by atoms with van der Waals surface area (Å²) in [6.07, 6.45) is 0.888. The molecular weight excluding hydrogens is 190 g/mol. The molecule has 0 unspecified atom stereocenters. The zero-order chi connectivity index (χ0) is 9.26. The van der Waals surface area contributed by atoms with Crippen molar-refractivity contribution in [2.75, 3.05) is 6.61 Å². The van der Waals surface area contributed by atoms with Crippen LogP contribution in [0.2, 0.25) is 0 Å². The molecule has 0 spiro atoms. The summed E-state index contributed by atoms with van der Waals surface area (Å²) in [6, 6.07) is 5.49. The minimum Gasteiger partial charge on any atom is -0.493 e. The van der Waals surface area contributed by atoms with Crippen LogP contribution in [0.4, 0.5) is 0 Å². The third-order valence-electron chi connectivity index (χ3n) is 2.02. The number of hydrogen-bond acceptors (Lipinski definition) is 3. The lowest BCUT2D eigenvalue weighted by atomic mass is 10.1. The second kappa shape index (κ2) is 3.26. The highest BCUT2D eigenvalue weighted by atomic mass is 35.5. The first kappa shape index (κ1) is 8.38. The summed E-state index contributed by atoms with van der Waals surface area (Å²) in [5.41, 5.74) is 1.83. The molecule has 13 heavy (non-hydrogen) atoms. The van der Waals surface area contributed by atoms with Crippen LogP contribution in [0.15, 0.2) is 23.4 Å². The van der Waals surface area contributed by atoms with Crippen LogP contribution in [0, 0.1) is 0 Å². The molecule has 1 aromatic rings. The molecule has 1 heterocycles. The van der Waals surface area contributed by atoms with Crippen molar-refractivity contribution in [3.63, 3.8) is 0 Å². The Morgan fingerprint density at radius 2 is 2.38 bits per heavy atom. The van der Waals surface area contributed by atoms with Gasteiger partial charge >= 0.3 is 0 Å². The van der Waals surface area contributed by atoms with E-state index in [1.165, 1.54) is 0 Å². The maximum absolute atomic E-state index is 8.46. The Hall–Kier alpha value is -1.22. The molecule has 1 aliphatic heterocycles. The van der Waals surface area contributed by atoms with Crippen LogP contribution in [0.1, 0.15) is 11.1 Å². The topological polar surface area (TPSA) is 41.8 Å². The Morgan fingerprint density at radius 3 is 3.15 bits per heavy atom. The third kappa shape index (κ3) is 1.47. The standard InChI is InChI=1S/C9H8ClNO2/c10-9(11-12)7-1-2-8-6(5-7)3-4-13-8/h1-2,5,12H,3-4H2/b11-9-. The van der Waals surface area contributed by atoms with E-state index >= 15 is 0 Å². The highest BCUT2D eigenvalue weighted by molar-refractivity contribution is 6.69. The first-order valence-electron chi connectivity index (χ1n) is 3.95. The van der Waals surface area contributed by atoms with Crippen molar-refractivity contribution in [3.05, 3.63) is 29.3 Å². The van der Waals surface area contributed by atoms with E-state index in [-0.39, 0.29) is 5.17 Å². The lowest BCUT2D eigenvalue weighted by Crippen LogP contribution is -1.91. The highest BCUT2D eigenvalue weighted by Crippen LogP contribution is 2.26. The highest BCUT2D eigenvalue weighted by Gasteiger charge is 2.13. The summed E-state index contributed by atoms with van der Waals surface area (Å²) in [5.74, 6) is 0.895. The second-order valence-corrected chi connectivity index (χ2v) is 3.17. The van der Waals surface area contributed by atoms with E-state index in [1.807, 2.05) is 12.1 Å². The van der Waals surface area contributed by atoms with Crippen molar-refractivity contribution in [1.29, 1.82) is 0 Å². The SMILES string of the molecule is O/N=C(\Cl)c1ccc2c(c1)CCO2. The van der Waals surface area contributed by atoms with Gasteiger partial charge in [0.1, 0.15) is 5.75 Å². The molecule has 1 aliphatic rings. The fourth-order valence-electron chi connectivity index (χ4n) is 1.37. The Bertz CT molecular complexity index is 363. The molecular formula is C9H8ClNO2. The van der Waals surface area contributed by atoms with Gasteiger partial charge in [-0.1, -0.05) is 16.8 Å². The van der Waals surface area contributed by atoms with Gasteiger partial charge in [0.15, 0.2) is 5.17 Å². The molecule has 0 amide bonds. The van der Waals surface area contributed by atoms with Gasteiger partial charge in [-0.2, -0.15) is 0 Å². The number of oxime groups is 1. The number of hydrogen-bond donors (Lipinski definition) is 1. The van der Waals surface area contributed by atoms with Gasteiger partial charge in [-0.05, 0) is 23.8 Å². The molecule has 1 aromatic carbocycles. The second-order valence-electron chi connectivity index (χ2n) is 2.81. The monoisotopic (exact) mass is 197 g/mol. The summed E-state index contributed by atoms with van der Waals surface area (Å²) in [5, 5.41) is 11.5. The smallest absolute Gasteiger partial charge is 0.175 e. The average Bonchev–Trinajstić information content (AvgIpc) is 2.63. The van der Waals surface area contributed by atoms with E-state index in [4.69, 9.17) is 21.5 Å². The maximum atomic E-state index is 8.46. The molecule has 1 N–H and O–H groups in total. The zero-order valence-corrected chi connectivity index (χ0v) is 7.58. The number of ether oxygens (including phenoxy) is 1. The third-order valence-corrected chi connectivity index (χ3v) is 2.31. The quantitative estimate of drug-likeness (QED) is 0.425. The Balaban J connectivity index is 2.41. The van der Waals surface area contributed by atoms with Gasteiger partial charge in [-0.3, -0.25) is 0 Å². The van der Waals surface area contributed by atoms with Crippen LogP contribution < -0.4 is 4.74 Å². The van der Waals surface area contributed by atoms with E-state index in [0.29, 0.717) is 12.2 Å². The van der Waals surface area contributed by atoms with Crippen molar-refractivity contribution in [1.82, 2.24) is 0 Å². The van der Waals surface area contributed by atoms with Gasteiger partial charge in [0.2, 0.25) is 0 Å². The molecule has 0 fully saturated rings. The van der Waals surface area contributed by atoms with Gasteiger partial charge in [0, 0.05) is 12.0 Å². The molecule has 0 radical (unpaired) electrons. The molecule has 0 aromatic heterocycles. The van der Waals surface area contributed by atoms with Gasteiger partial charge < -0.3 is 9.94 Å². The summed E-state index contributed by atoms with van der Waals surface area (Å²) < 4.78 is 5.32. The largest absolute Gasteiger partial charge is 0.493 e. The summed E-state index contributed by atoms with van der Waals surface area (Å²) in [4.78, 5) is 0. The first-order valence-corrected chi connectivity index (χ1v) is 4.32. The number of fused-ring (bicyclic) bond motifs is 1. The fourth-order valence-corrected chi connectivity index (χ4v) is 1.49. The van der Waals surface area contributed by atoms with Crippen LogP contribution in [0.3, 0.4) is 0 Å². The summed E-state index contributed by atoms with van der Waals surface area (Å²) >= 11 is 5.65. The molecule has 3 nitrogen and oxygen atoms in total. The van der Waals surface area contributed by atoms with E-state index in [9.17, 15) is 0 Å². The Morgan fingerprint density at radius 1 is 1.54 bits per heavy atom. The molecule has 68 valence electrons. The van der Waals surface area contributed by atoms with E-state index in [0.717, 1.165) is 17.7 Å². The first-order chi connectivity index (χ1) is 6.31. The van der Waals surface area contributed by atoms with E-state index in [2.05, 4.69) is 5.16 Å². The molecule has 2 rings (SSSR count). The van der Waals surface area contributed by atoms with Crippen molar-refractivity contribution in [2.24, 2.45) is 5.16 Å². The molecule has 0 aliphatic carbocycles. The van der Waals surface area contributed by atoms with E-state index < -0.39 is 0 Å². The Kier molecular flexibility index (Phi) is 2.10. The molecule has 0 saturated carbocycles. The maximum Gasteiger partial charge on any atom is 0.175 e. The van der Waals surface area contributed by atoms with E-state index in [1.54, 1.807) is 6.07 Å². The minimum absolute atomic E-state index is 0.106. The van der Waals surface area contributed by atoms with Crippen molar-refractivity contribution < 1.29 is 9.94 Å². The number of benzene rings is 1. The van der Waals surface area contributed by atoms with Crippen molar-refractivity contribution in [3.8, 4) is 5.75 Å². The van der Waals surface area contributed by atoms with Crippen LogP contribution in [-0.4, -0.2) is 17.0 Å². The predicted molar refractivity (Wildman–Crippen MR) is 49.8 cm³/mol. The minimum atomic E-state index is 0.106. The van der Waals surface area contributed by atoms with Crippen LogP contribution >= 0.6 is 11.6 Å². The lowest BCUT2D eigenvalue weighted by Gasteiger charge is -2.00. The van der Waals surface area contributed by atoms with Crippen LogP contribution in [0.25, 0.3) is 0 Å². The van der Waals surface area contributed by atoms with Crippen LogP contribution in [0.5, 0.6) is 5.75 Å². The zero-order valence-electron chi connectivity index (χ0n) is 6.83. The molecule has 0 atom stereocenters. The van der Waals surface area contributed by atoms with Gasteiger partial charge in [-0.25, -0.2) is 0 Å². The lowest BCUT2D eigenvalue weighted by molar-refractivity contribution is 0.321. The normalized spacial score (nSPS) is 15.3. The Labute approximate surface area is 80.6 Å². The molecule has 0 saturated heterocycles. The van der Waals surface area contributed by atoms with Crippen molar-refractivity contribution in [2.45, 2.75) is 6.42 Å². The number of halogens is 1. The van der Waals surface area contributed by atoms with Crippen LogP contribution in [-0.2, 0) is 6.42 Å². The number of rotatable bonds is 1. The summed E-state index contributed by atoms with van der Waals surface area (Å²) in [6.45, 7) is 0.715. The molecule has 4 heteroatoms. The van der Waals surface area contributed by atoms with Crippen molar-refractivity contribution >= 4 is 16.8 Å². The predicted octanol–water partition coefficient (Wildman–Crippen LogP) is 2.00. The van der Waals surface area contributed by atoms with Gasteiger partial charge in [-0.15, -0.1) is 0 Å². The van der Waals surface area contributed by atoms with Gasteiger partial charge in [0.25, 0.3) is 0 Å². The molecule has 0 bridgehead atoms. The number of nitrogens with zero attached hydrogens (tertiary/aromatic N) is 1. The fraction of sp³-hybridized carbons (Fsp3) is 0.222. The summed E-state index contributed by atoms with van der Waals surface area (Å²) in [7, 11) is 0. The average molecular weight is 198 g/mol.